The van der Waals surface area contributed by atoms with Gasteiger partial charge in [-0.2, -0.15) is 5.10 Å². The van der Waals surface area contributed by atoms with Crippen molar-refractivity contribution in [3.63, 3.8) is 0 Å². The van der Waals surface area contributed by atoms with Gasteiger partial charge in [-0.3, -0.25) is 9.59 Å². The number of para-hydroxylation sites is 1. The van der Waals surface area contributed by atoms with E-state index in [1.54, 1.807) is 18.1 Å². The number of aryl methyl sites for hydroxylation is 1. The van der Waals surface area contributed by atoms with Crippen LogP contribution in [-0.4, -0.2) is 51.5 Å². The number of fused-ring (bicyclic) bond motifs is 3. The molecule has 3 heterocycles. The van der Waals surface area contributed by atoms with Gasteiger partial charge < -0.3 is 14.2 Å². The predicted molar refractivity (Wildman–Crippen MR) is 94.6 cm³/mol. The zero-order valence-corrected chi connectivity index (χ0v) is 14.3. The quantitative estimate of drug-likeness (QED) is 0.705. The molecule has 1 amide bonds. The van der Waals surface area contributed by atoms with Gasteiger partial charge in [0.25, 0.3) is 5.56 Å². The fraction of sp³-hybridized carbons (Fsp3) is 0.389. The van der Waals surface area contributed by atoms with Crippen LogP contribution in [0.25, 0.3) is 21.8 Å². The van der Waals surface area contributed by atoms with Crippen LogP contribution in [0.2, 0.25) is 0 Å². The Morgan fingerprint density at radius 3 is 2.68 bits per heavy atom. The van der Waals surface area contributed by atoms with Crippen molar-refractivity contribution in [3.8, 4) is 0 Å². The molecule has 0 bridgehead atoms. The number of benzene rings is 1. The standard InChI is InChI=1S/C18H20N4O3/c1-12(17(23)21-7-9-25-10-8-21)22-15-6-4-3-5-13(15)14-11-19-20(2)18(24)16(14)22/h3-6,11-12H,7-10H2,1-2H3/t12-/m0/s1. The minimum Gasteiger partial charge on any atom is -0.378 e. The maximum absolute atomic E-state index is 13.0. The molecule has 0 spiro atoms. The van der Waals surface area contributed by atoms with Gasteiger partial charge in [0.05, 0.1) is 24.9 Å². The second-order valence-corrected chi connectivity index (χ2v) is 6.34. The van der Waals surface area contributed by atoms with Crippen LogP contribution in [0.15, 0.2) is 35.3 Å². The molecule has 25 heavy (non-hydrogen) atoms. The van der Waals surface area contributed by atoms with E-state index in [9.17, 15) is 9.59 Å². The Morgan fingerprint density at radius 2 is 1.92 bits per heavy atom. The average Bonchev–Trinajstić information content (AvgIpc) is 2.99. The van der Waals surface area contributed by atoms with Gasteiger partial charge in [-0.1, -0.05) is 18.2 Å². The highest BCUT2D eigenvalue weighted by Gasteiger charge is 2.27. The molecular weight excluding hydrogens is 320 g/mol. The van der Waals surface area contributed by atoms with Crippen molar-refractivity contribution >= 4 is 27.7 Å². The number of ether oxygens (including phenoxy) is 1. The molecule has 0 saturated carbocycles. The lowest BCUT2D eigenvalue weighted by Gasteiger charge is -2.30. The van der Waals surface area contributed by atoms with Crippen LogP contribution in [0.4, 0.5) is 0 Å². The zero-order chi connectivity index (χ0) is 17.6. The topological polar surface area (TPSA) is 69.4 Å². The molecular formula is C18H20N4O3. The summed E-state index contributed by atoms with van der Waals surface area (Å²) in [6.07, 6.45) is 1.70. The van der Waals surface area contributed by atoms with Crippen LogP contribution in [0.3, 0.4) is 0 Å². The summed E-state index contributed by atoms with van der Waals surface area (Å²) in [6, 6.07) is 7.27. The van der Waals surface area contributed by atoms with Gasteiger partial charge in [0.1, 0.15) is 11.6 Å². The number of carbonyl (C=O) groups is 1. The van der Waals surface area contributed by atoms with E-state index in [4.69, 9.17) is 4.74 Å². The smallest absolute Gasteiger partial charge is 0.291 e. The van der Waals surface area contributed by atoms with E-state index in [1.807, 2.05) is 35.8 Å². The number of carbonyl (C=O) groups excluding carboxylic acids is 1. The molecule has 1 aromatic carbocycles. The highest BCUT2D eigenvalue weighted by molar-refractivity contribution is 6.08. The highest BCUT2D eigenvalue weighted by atomic mass is 16.5. The van der Waals surface area contributed by atoms with Crippen molar-refractivity contribution in [2.24, 2.45) is 7.05 Å². The Bertz CT molecular complexity index is 1010. The number of rotatable bonds is 2. The van der Waals surface area contributed by atoms with Crippen LogP contribution < -0.4 is 5.56 Å². The monoisotopic (exact) mass is 340 g/mol. The van der Waals surface area contributed by atoms with Gasteiger partial charge in [-0.05, 0) is 13.0 Å². The molecule has 0 radical (unpaired) electrons. The first kappa shape index (κ1) is 15.8. The Hall–Kier alpha value is -2.67. The summed E-state index contributed by atoms with van der Waals surface area (Å²) in [7, 11) is 1.62. The molecule has 1 saturated heterocycles. The Labute approximate surface area is 144 Å². The van der Waals surface area contributed by atoms with Gasteiger partial charge in [0.2, 0.25) is 5.91 Å². The van der Waals surface area contributed by atoms with E-state index in [0.29, 0.717) is 31.8 Å². The molecule has 0 N–H and O–H groups in total. The molecule has 3 aromatic rings. The lowest BCUT2D eigenvalue weighted by molar-refractivity contribution is -0.138. The maximum Gasteiger partial charge on any atom is 0.291 e. The van der Waals surface area contributed by atoms with Crippen LogP contribution in [-0.2, 0) is 16.6 Å². The third kappa shape index (κ3) is 2.42. The third-order valence-corrected chi connectivity index (χ3v) is 4.87. The summed E-state index contributed by atoms with van der Waals surface area (Å²) < 4.78 is 8.50. The SMILES string of the molecule is C[C@@H](C(=O)N1CCOCC1)n1c2ccccc2c2cnn(C)c(=O)c21. The molecule has 1 fully saturated rings. The number of nitrogens with zero attached hydrogens (tertiary/aromatic N) is 4. The predicted octanol–water partition coefficient (Wildman–Crippen LogP) is 1.31. The largest absolute Gasteiger partial charge is 0.378 e. The van der Waals surface area contributed by atoms with Crippen LogP contribution >= 0.6 is 0 Å². The minimum absolute atomic E-state index is 0.00446. The first-order valence-electron chi connectivity index (χ1n) is 8.41. The zero-order valence-electron chi connectivity index (χ0n) is 14.3. The van der Waals surface area contributed by atoms with E-state index >= 15 is 0 Å². The number of amides is 1. The molecule has 7 heteroatoms. The van der Waals surface area contributed by atoms with Crippen molar-refractivity contribution in [1.82, 2.24) is 19.2 Å². The Kier molecular flexibility index (Phi) is 3.80. The molecule has 0 aliphatic carbocycles. The molecule has 7 nitrogen and oxygen atoms in total. The molecule has 1 atom stereocenters. The first-order chi connectivity index (χ1) is 12.1. The van der Waals surface area contributed by atoms with Crippen molar-refractivity contribution in [2.45, 2.75) is 13.0 Å². The van der Waals surface area contributed by atoms with Crippen LogP contribution in [0.1, 0.15) is 13.0 Å². The van der Waals surface area contributed by atoms with Gasteiger partial charge in [-0.15, -0.1) is 0 Å². The van der Waals surface area contributed by atoms with Crippen molar-refractivity contribution < 1.29 is 9.53 Å². The number of hydrogen-bond donors (Lipinski definition) is 0. The number of morpholine rings is 1. The fourth-order valence-corrected chi connectivity index (χ4v) is 3.55. The molecule has 130 valence electrons. The number of hydrogen-bond acceptors (Lipinski definition) is 4. The maximum atomic E-state index is 13.0. The molecule has 4 rings (SSSR count). The van der Waals surface area contributed by atoms with Crippen molar-refractivity contribution in [3.05, 3.63) is 40.8 Å². The van der Waals surface area contributed by atoms with Gasteiger partial charge >= 0.3 is 0 Å². The summed E-state index contributed by atoms with van der Waals surface area (Å²) in [5.41, 5.74) is 1.19. The van der Waals surface area contributed by atoms with E-state index < -0.39 is 6.04 Å². The Morgan fingerprint density at radius 1 is 1.20 bits per heavy atom. The van der Waals surface area contributed by atoms with Crippen molar-refractivity contribution in [2.75, 3.05) is 26.3 Å². The molecule has 1 aliphatic rings. The number of aromatic nitrogens is 3. The average molecular weight is 340 g/mol. The van der Waals surface area contributed by atoms with Crippen molar-refractivity contribution in [1.29, 1.82) is 0 Å². The van der Waals surface area contributed by atoms with Gasteiger partial charge in [0.15, 0.2) is 0 Å². The second-order valence-electron chi connectivity index (χ2n) is 6.34. The lowest BCUT2D eigenvalue weighted by Crippen LogP contribution is -2.43. The highest BCUT2D eigenvalue weighted by Crippen LogP contribution is 2.30. The van der Waals surface area contributed by atoms with E-state index in [-0.39, 0.29) is 11.5 Å². The summed E-state index contributed by atoms with van der Waals surface area (Å²) in [6.45, 7) is 4.12. The van der Waals surface area contributed by atoms with Crippen LogP contribution in [0, 0.1) is 0 Å². The normalized spacial score (nSPS) is 16.5. The first-order valence-corrected chi connectivity index (χ1v) is 8.41. The molecule has 2 aromatic heterocycles. The second kappa shape index (κ2) is 6.00. The van der Waals surface area contributed by atoms with E-state index in [2.05, 4.69) is 5.10 Å². The Balaban J connectivity index is 1.94. The fourth-order valence-electron chi connectivity index (χ4n) is 3.55. The molecule has 1 aliphatic heterocycles. The minimum atomic E-state index is -0.476. The summed E-state index contributed by atoms with van der Waals surface area (Å²) in [4.78, 5) is 27.6. The van der Waals surface area contributed by atoms with Crippen LogP contribution in [0.5, 0.6) is 0 Å². The summed E-state index contributed by atoms with van der Waals surface area (Å²) in [5, 5.41) is 5.86. The third-order valence-electron chi connectivity index (χ3n) is 4.87. The molecule has 0 unspecified atom stereocenters. The summed E-state index contributed by atoms with van der Waals surface area (Å²) in [5.74, 6) is 0.00446. The van der Waals surface area contributed by atoms with Gasteiger partial charge in [-0.25, -0.2) is 4.68 Å². The lowest BCUT2D eigenvalue weighted by atomic mass is 10.2. The van der Waals surface area contributed by atoms with E-state index in [0.717, 1.165) is 16.3 Å². The summed E-state index contributed by atoms with van der Waals surface area (Å²) >= 11 is 0. The van der Waals surface area contributed by atoms with E-state index in [1.165, 1.54) is 4.68 Å². The van der Waals surface area contributed by atoms with Gasteiger partial charge in [0, 0.05) is 30.9 Å².